The summed E-state index contributed by atoms with van der Waals surface area (Å²) in [5, 5.41) is 14.7. The van der Waals surface area contributed by atoms with Gasteiger partial charge in [-0.2, -0.15) is 5.26 Å². The Morgan fingerprint density at radius 3 is 2.57 bits per heavy atom. The molecular formula is C17H12BrN3. The van der Waals surface area contributed by atoms with Gasteiger partial charge < -0.3 is 5.32 Å². The van der Waals surface area contributed by atoms with E-state index in [1.165, 1.54) is 0 Å². The van der Waals surface area contributed by atoms with E-state index in [2.05, 4.69) is 38.4 Å². The lowest BCUT2D eigenvalue weighted by atomic mass is 10.1. The third-order valence-electron chi connectivity index (χ3n) is 3.28. The molecule has 0 spiro atoms. The number of anilines is 2. The number of hydrogen-bond donors (Lipinski definition) is 1. The smallest absolute Gasteiger partial charge is 0.148 e. The second-order valence-corrected chi connectivity index (χ2v) is 5.58. The zero-order valence-electron chi connectivity index (χ0n) is 11.4. The van der Waals surface area contributed by atoms with Gasteiger partial charge in [0, 0.05) is 21.2 Å². The first-order valence-corrected chi connectivity index (χ1v) is 7.30. The summed E-state index contributed by atoms with van der Waals surface area (Å²) >= 11 is 3.56. The van der Waals surface area contributed by atoms with E-state index in [1.54, 1.807) is 6.07 Å². The minimum absolute atomic E-state index is 0.535. The Morgan fingerprint density at radius 2 is 1.81 bits per heavy atom. The first-order valence-electron chi connectivity index (χ1n) is 6.51. The first kappa shape index (κ1) is 13.6. The summed E-state index contributed by atoms with van der Waals surface area (Å²) in [6, 6.07) is 17.9. The minimum atomic E-state index is 0.535. The molecule has 0 fully saturated rings. The van der Waals surface area contributed by atoms with Gasteiger partial charge >= 0.3 is 0 Å². The summed E-state index contributed by atoms with van der Waals surface area (Å²) in [6.07, 6.45) is 0. The number of hydrogen-bond acceptors (Lipinski definition) is 3. The number of benzene rings is 2. The number of rotatable bonds is 2. The molecule has 0 saturated heterocycles. The van der Waals surface area contributed by atoms with E-state index >= 15 is 0 Å². The summed E-state index contributed by atoms with van der Waals surface area (Å²) in [4.78, 5) is 4.42. The average Bonchev–Trinajstić information content (AvgIpc) is 2.51. The van der Waals surface area contributed by atoms with Crippen molar-refractivity contribution in [2.24, 2.45) is 0 Å². The summed E-state index contributed by atoms with van der Waals surface area (Å²) in [6.45, 7) is 1.91. The number of nitrogens with one attached hydrogen (secondary N) is 1. The van der Waals surface area contributed by atoms with E-state index in [-0.39, 0.29) is 0 Å². The molecule has 1 aromatic heterocycles. The summed E-state index contributed by atoms with van der Waals surface area (Å²) < 4.78 is 1.04. The lowest BCUT2D eigenvalue weighted by Crippen LogP contribution is -1.99. The van der Waals surface area contributed by atoms with Crippen LogP contribution < -0.4 is 5.32 Å². The molecule has 0 saturated carbocycles. The molecule has 102 valence electrons. The number of halogens is 1. The molecule has 0 atom stereocenters. The van der Waals surface area contributed by atoms with Gasteiger partial charge in [-0.25, -0.2) is 4.98 Å². The van der Waals surface area contributed by atoms with E-state index in [1.807, 2.05) is 43.3 Å². The van der Waals surface area contributed by atoms with Crippen molar-refractivity contribution >= 4 is 38.2 Å². The summed E-state index contributed by atoms with van der Waals surface area (Å²) in [7, 11) is 0. The maximum absolute atomic E-state index is 9.21. The predicted molar refractivity (Wildman–Crippen MR) is 88.6 cm³/mol. The number of aryl methyl sites for hydroxylation is 1. The maximum Gasteiger partial charge on any atom is 0.148 e. The quantitative estimate of drug-likeness (QED) is 0.721. The Labute approximate surface area is 131 Å². The van der Waals surface area contributed by atoms with Crippen LogP contribution in [0, 0.1) is 18.3 Å². The van der Waals surface area contributed by atoms with Crippen molar-refractivity contribution in [2.45, 2.75) is 6.92 Å². The Hall–Kier alpha value is -2.38. The van der Waals surface area contributed by atoms with Gasteiger partial charge in [0.15, 0.2) is 0 Å². The molecule has 0 aliphatic rings. The van der Waals surface area contributed by atoms with Crippen LogP contribution in [0.1, 0.15) is 11.3 Å². The van der Waals surface area contributed by atoms with E-state index < -0.39 is 0 Å². The van der Waals surface area contributed by atoms with Crippen LogP contribution >= 0.6 is 15.9 Å². The number of fused-ring (bicyclic) bond motifs is 1. The fourth-order valence-electron chi connectivity index (χ4n) is 2.24. The Morgan fingerprint density at radius 1 is 1.05 bits per heavy atom. The predicted octanol–water partition coefficient (Wildman–Crippen LogP) is 4.92. The molecule has 0 amide bonds. The highest BCUT2D eigenvalue weighted by Gasteiger charge is 2.08. The molecule has 0 aliphatic heterocycles. The van der Waals surface area contributed by atoms with Gasteiger partial charge in [-0.15, -0.1) is 0 Å². The molecule has 2 aromatic carbocycles. The monoisotopic (exact) mass is 337 g/mol. The van der Waals surface area contributed by atoms with Crippen LogP contribution in [0.25, 0.3) is 10.8 Å². The molecule has 0 unspecified atom stereocenters. The normalized spacial score (nSPS) is 10.3. The third kappa shape index (κ3) is 2.61. The molecule has 0 aliphatic carbocycles. The van der Waals surface area contributed by atoms with Crippen molar-refractivity contribution in [2.75, 3.05) is 5.32 Å². The molecule has 3 nitrogen and oxygen atoms in total. The second-order valence-electron chi connectivity index (χ2n) is 4.73. The van der Waals surface area contributed by atoms with Gasteiger partial charge in [-0.3, -0.25) is 0 Å². The molecule has 1 N–H and O–H groups in total. The van der Waals surface area contributed by atoms with Crippen LogP contribution in [0.2, 0.25) is 0 Å². The van der Waals surface area contributed by atoms with Crippen LogP contribution in [0.4, 0.5) is 11.5 Å². The fraction of sp³-hybridized carbons (Fsp3) is 0.0588. The highest BCUT2D eigenvalue weighted by Crippen LogP contribution is 2.32. The van der Waals surface area contributed by atoms with Crippen LogP contribution in [0.5, 0.6) is 0 Å². The van der Waals surface area contributed by atoms with E-state index in [9.17, 15) is 5.26 Å². The van der Waals surface area contributed by atoms with Crippen molar-refractivity contribution in [1.82, 2.24) is 4.98 Å². The van der Waals surface area contributed by atoms with Gasteiger partial charge in [-0.05, 0) is 36.6 Å². The van der Waals surface area contributed by atoms with Crippen molar-refractivity contribution in [3.05, 3.63) is 64.3 Å². The van der Waals surface area contributed by atoms with Crippen LogP contribution in [0.15, 0.2) is 53.0 Å². The molecule has 3 aromatic rings. The molecule has 0 radical (unpaired) electrons. The van der Waals surface area contributed by atoms with Gasteiger partial charge in [-0.1, -0.05) is 40.2 Å². The van der Waals surface area contributed by atoms with Crippen molar-refractivity contribution in [3.63, 3.8) is 0 Å². The topological polar surface area (TPSA) is 48.7 Å². The van der Waals surface area contributed by atoms with E-state index in [0.29, 0.717) is 11.4 Å². The highest BCUT2D eigenvalue weighted by molar-refractivity contribution is 9.10. The highest BCUT2D eigenvalue weighted by atomic mass is 79.9. The van der Waals surface area contributed by atoms with Crippen molar-refractivity contribution in [3.8, 4) is 6.07 Å². The number of nitrogens with zero attached hydrogens (tertiary/aromatic N) is 2. The standard InChI is InChI=1S/C17H12BrN3/c1-11-6-7-12(10-19)17(20-11)21-16-9-8-15(18)13-4-2-3-5-14(13)16/h2-9H,1H3,(H,20,21). The number of pyridine rings is 1. The minimum Gasteiger partial charge on any atom is -0.339 e. The van der Waals surface area contributed by atoms with Gasteiger partial charge in [0.1, 0.15) is 11.9 Å². The second kappa shape index (κ2) is 5.55. The molecular weight excluding hydrogens is 326 g/mol. The lowest BCUT2D eigenvalue weighted by Gasteiger charge is -2.12. The average molecular weight is 338 g/mol. The van der Waals surface area contributed by atoms with E-state index in [4.69, 9.17) is 0 Å². The third-order valence-corrected chi connectivity index (χ3v) is 3.97. The lowest BCUT2D eigenvalue weighted by molar-refractivity contribution is 1.19. The van der Waals surface area contributed by atoms with Crippen LogP contribution in [0.3, 0.4) is 0 Å². The summed E-state index contributed by atoms with van der Waals surface area (Å²) in [5.74, 6) is 0.588. The van der Waals surface area contributed by atoms with Crippen molar-refractivity contribution in [1.29, 1.82) is 5.26 Å². The Bertz CT molecular complexity index is 866. The molecule has 3 rings (SSSR count). The van der Waals surface area contributed by atoms with Gasteiger partial charge in [0.25, 0.3) is 0 Å². The number of nitriles is 1. The molecule has 21 heavy (non-hydrogen) atoms. The van der Waals surface area contributed by atoms with Crippen LogP contribution in [-0.2, 0) is 0 Å². The SMILES string of the molecule is Cc1ccc(C#N)c(Nc2ccc(Br)c3ccccc23)n1. The zero-order chi connectivity index (χ0) is 14.8. The molecule has 4 heteroatoms. The van der Waals surface area contributed by atoms with Gasteiger partial charge in [0.2, 0.25) is 0 Å². The van der Waals surface area contributed by atoms with Crippen molar-refractivity contribution < 1.29 is 0 Å². The zero-order valence-corrected chi connectivity index (χ0v) is 13.0. The summed E-state index contributed by atoms with van der Waals surface area (Å²) in [5.41, 5.74) is 2.34. The largest absolute Gasteiger partial charge is 0.339 e. The Kier molecular flexibility index (Phi) is 3.59. The molecule has 0 bridgehead atoms. The van der Waals surface area contributed by atoms with Gasteiger partial charge in [0.05, 0.1) is 5.56 Å². The maximum atomic E-state index is 9.21. The fourth-order valence-corrected chi connectivity index (χ4v) is 2.72. The number of aromatic nitrogens is 1. The first-order chi connectivity index (χ1) is 10.2. The van der Waals surface area contributed by atoms with E-state index in [0.717, 1.165) is 26.6 Å². The Balaban J connectivity index is 2.13. The molecule has 1 heterocycles. The van der Waals surface area contributed by atoms with Crippen LogP contribution in [-0.4, -0.2) is 4.98 Å².